The molecule has 8 nitrogen and oxygen atoms in total. The molecule has 0 aliphatic carbocycles. The second-order valence-corrected chi connectivity index (χ2v) is 7.90. The van der Waals surface area contributed by atoms with Crippen LogP contribution in [0.3, 0.4) is 0 Å². The first kappa shape index (κ1) is 23.7. The highest BCUT2D eigenvalue weighted by Gasteiger charge is 2.15. The molecule has 3 aromatic rings. The molecule has 1 N–H and O–H groups in total. The summed E-state index contributed by atoms with van der Waals surface area (Å²) in [6, 6.07) is 20.4. The molecule has 0 atom stereocenters. The van der Waals surface area contributed by atoms with E-state index in [4.69, 9.17) is 9.47 Å². The van der Waals surface area contributed by atoms with Crippen LogP contribution in [0.25, 0.3) is 6.08 Å². The van der Waals surface area contributed by atoms with E-state index in [-0.39, 0.29) is 11.3 Å². The molecule has 166 valence electrons. The van der Waals surface area contributed by atoms with Crippen LogP contribution in [0.5, 0.6) is 11.5 Å². The first-order valence-electron chi connectivity index (χ1n) is 9.63. The minimum Gasteiger partial charge on any atom is -0.493 e. The van der Waals surface area contributed by atoms with E-state index in [0.29, 0.717) is 29.4 Å². The number of rotatable bonds is 8. The summed E-state index contributed by atoms with van der Waals surface area (Å²) in [7, 11) is 1.51. The van der Waals surface area contributed by atoms with Gasteiger partial charge in [-0.2, -0.15) is 5.26 Å². The molecule has 0 saturated carbocycles. The van der Waals surface area contributed by atoms with Gasteiger partial charge in [0, 0.05) is 17.8 Å². The van der Waals surface area contributed by atoms with E-state index in [9.17, 15) is 20.2 Å². The van der Waals surface area contributed by atoms with E-state index in [1.54, 1.807) is 12.1 Å². The van der Waals surface area contributed by atoms with Crippen LogP contribution in [0.2, 0.25) is 0 Å². The number of hydrogen-bond acceptors (Lipinski definition) is 6. The van der Waals surface area contributed by atoms with Gasteiger partial charge in [-0.1, -0.05) is 30.3 Å². The third-order valence-corrected chi connectivity index (χ3v) is 5.29. The molecular formula is C24H18IN3O5. The van der Waals surface area contributed by atoms with Crippen LogP contribution >= 0.6 is 22.6 Å². The summed E-state index contributed by atoms with van der Waals surface area (Å²) in [6.07, 6.45) is 1.44. The number of benzene rings is 3. The number of ether oxygens (including phenoxy) is 2. The van der Waals surface area contributed by atoms with Crippen molar-refractivity contribution in [3.8, 4) is 17.6 Å². The zero-order valence-electron chi connectivity index (χ0n) is 17.4. The first-order valence-corrected chi connectivity index (χ1v) is 10.7. The lowest BCUT2D eigenvalue weighted by atomic mass is 10.1. The number of methoxy groups -OCH3 is 1. The molecule has 0 unspecified atom stereocenters. The predicted octanol–water partition coefficient (Wildman–Crippen LogP) is 5.33. The van der Waals surface area contributed by atoms with Gasteiger partial charge >= 0.3 is 0 Å². The molecule has 3 rings (SSSR count). The Morgan fingerprint density at radius 1 is 1.18 bits per heavy atom. The zero-order valence-corrected chi connectivity index (χ0v) is 19.6. The molecule has 0 aliphatic rings. The number of nitrogens with zero attached hydrogens (tertiary/aromatic N) is 2. The number of nitriles is 1. The number of carbonyl (C=O) groups is 1. The molecule has 0 radical (unpaired) electrons. The fourth-order valence-electron chi connectivity index (χ4n) is 2.87. The summed E-state index contributed by atoms with van der Waals surface area (Å²) in [4.78, 5) is 22.8. The average molecular weight is 555 g/mol. The predicted molar refractivity (Wildman–Crippen MR) is 132 cm³/mol. The van der Waals surface area contributed by atoms with Crippen molar-refractivity contribution in [3.63, 3.8) is 0 Å². The number of hydrogen-bond donors (Lipinski definition) is 1. The van der Waals surface area contributed by atoms with Crippen molar-refractivity contribution in [3.05, 3.63) is 97.1 Å². The van der Waals surface area contributed by atoms with Crippen LogP contribution in [0.15, 0.2) is 72.3 Å². The molecule has 0 bridgehead atoms. The van der Waals surface area contributed by atoms with Crippen molar-refractivity contribution in [2.45, 2.75) is 6.61 Å². The van der Waals surface area contributed by atoms with Gasteiger partial charge in [-0.05, 0) is 64.1 Å². The van der Waals surface area contributed by atoms with Gasteiger partial charge in [-0.15, -0.1) is 0 Å². The standard InChI is InChI=1S/C24H18IN3O5/c1-32-22-13-17(12-21(25)23(22)33-15-16-5-3-2-4-6-16)11-18(14-26)24(29)27-19-7-9-20(10-8-19)28(30)31/h2-13H,15H2,1H3,(H,27,29)/b18-11+. The van der Waals surface area contributed by atoms with Gasteiger partial charge in [0.1, 0.15) is 18.2 Å². The molecule has 0 aromatic heterocycles. The molecular weight excluding hydrogens is 537 g/mol. The number of carbonyl (C=O) groups excluding carboxylic acids is 1. The van der Waals surface area contributed by atoms with Crippen LogP contribution in [-0.2, 0) is 11.4 Å². The molecule has 3 aromatic carbocycles. The lowest BCUT2D eigenvalue weighted by Gasteiger charge is -2.14. The Hall–Kier alpha value is -3.91. The van der Waals surface area contributed by atoms with Crippen molar-refractivity contribution >= 4 is 45.9 Å². The Labute approximate surface area is 203 Å². The van der Waals surface area contributed by atoms with Crippen molar-refractivity contribution in [2.24, 2.45) is 0 Å². The first-order chi connectivity index (χ1) is 15.9. The Balaban J connectivity index is 1.79. The summed E-state index contributed by atoms with van der Waals surface area (Å²) < 4.78 is 12.2. The number of amides is 1. The van der Waals surface area contributed by atoms with Gasteiger partial charge in [0.05, 0.1) is 15.6 Å². The maximum absolute atomic E-state index is 12.5. The van der Waals surface area contributed by atoms with E-state index >= 15 is 0 Å². The molecule has 0 heterocycles. The summed E-state index contributed by atoms with van der Waals surface area (Å²) in [5.74, 6) is 0.398. The van der Waals surface area contributed by atoms with Crippen LogP contribution in [-0.4, -0.2) is 17.9 Å². The lowest BCUT2D eigenvalue weighted by Crippen LogP contribution is -2.13. The molecule has 0 fully saturated rings. The third kappa shape index (κ3) is 6.30. The fraction of sp³-hybridized carbons (Fsp3) is 0.0833. The van der Waals surface area contributed by atoms with Crippen molar-refractivity contribution in [2.75, 3.05) is 12.4 Å². The molecule has 1 amide bonds. The minimum atomic E-state index is -0.635. The van der Waals surface area contributed by atoms with Gasteiger partial charge in [-0.3, -0.25) is 14.9 Å². The Morgan fingerprint density at radius 3 is 2.48 bits per heavy atom. The average Bonchev–Trinajstić information content (AvgIpc) is 2.82. The molecule has 0 saturated heterocycles. The number of nitrogens with one attached hydrogen (secondary N) is 1. The zero-order chi connectivity index (χ0) is 23.8. The maximum atomic E-state index is 12.5. The third-order valence-electron chi connectivity index (χ3n) is 4.49. The number of non-ortho nitro benzene ring substituents is 1. The fourth-order valence-corrected chi connectivity index (χ4v) is 3.65. The SMILES string of the molecule is COc1cc(/C=C(\C#N)C(=O)Nc2ccc([N+](=O)[O-])cc2)cc(I)c1OCc1ccccc1. The summed E-state index contributed by atoms with van der Waals surface area (Å²) in [5.41, 5.74) is 1.70. The van der Waals surface area contributed by atoms with E-state index in [1.807, 2.05) is 36.4 Å². The second-order valence-electron chi connectivity index (χ2n) is 6.74. The molecule has 9 heteroatoms. The highest BCUT2D eigenvalue weighted by atomic mass is 127. The quantitative estimate of drug-likeness (QED) is 0.132. The molecule has 33 heavy (non-hydrogen) atoms. The van der Waals surface area contributed by atoms with E-state index in [2.05, 4.69) is 27.9 Å². The number of nitro groups is 1. The molecule has 0 spiro atoms. The maximum Gasteiger partial charge on any atom is 0.269 e. The number of nitro benzene ring substituents is 1. The second kappa shape index (κ2) is 11.1. The van der Waals surface area contributed by atoms with Crippen molar-refractivity contribution < 1.29 is 19.2 Å². The van der Waals surface area contributed by atoms with Crippen LogP contribution in [0.4, 0.5) is 11.4 Å². The number of anilines is 1. The summed E-state index contributed by atoms with van der Waals surface area (Å²) in [5, 5.41) is 22.8. The summed E-state index contributed by atoms with van der Waals surface area (Å²) >= 11 is 2.11. The van der Waals surface area contributed by atoms with Crippen LogP contribution in [0, 0.1) is 25.0 Å². The Kier molecular flexibility index (Phi) is 7.99. The highest BCUT2D eigenvalue weighted by molar-refractivity contribution is 14.1. The van der Waals surface area contributed by atoms with E-state index in [1.165, 1.54) is 37.5 Å². The van der Waals surface area contributed by atoms with Gasteiger partial charge in [-0.25, -0.2) is 0 Å². The normalized spacial score (nSPS) is 10.8. The minimum absolute atomic E-state index is 0.0970. The van der Waals surface area contributed by atoms with Crippen molar-refractivity contribution in [1.29, 1.82) is 5.26 Å². The van der Waals surface area contributed by atoms with Crippen LogP contribution in [0.1, 0.15) is 11.1 Å². The Morgan fingerprint density at radius 2 is 1.88 bits per heavy atom. The smallest absolute Gasteiger partial charge is 0.269 e. The Bertz CT molecular complexity index is 1240. The van der Waals surface area contributed by atoms with E-state index in [0.717, 1.165) is 9.13 Å². The summed E-state index contributed by atoms with van der Waals surface area (Å²) in [6.45, 7) is 0.365. The largest absolute Gasteiger partial charge is 0.493 e. The van der Waals surface area contributed by atoms with E-state index < -0.39 is 10.8 Å². The highest BCUT2D eigenvalue weighted by Crippen LogP contribution is 2.35. The monoisotopic (exact) mass is 555 g/mol. The van der Waals surface area contributed by atoms with Gasteiger partial charge in [0.2, 0.25) is 0 Å². The molecule has 0 aliphatic heterocycles. The van der Waals surface area contributed by atoms with Gasteiger partial charge < -0.3 is 14.8 Å². The number of halogens is 1. The van der Waals surface area contributed by atoms with Crippen LogP contribution < -0.4 is 14.8 Å². The lowest BCUT2D eigenvalue weighted by molar-refractivity contribution is -0.384. The van der Waals surface area contributed by atoms with Gasteiger partial charge in [0.15, 0.2) is 11.5 Å². The van der Waals surface area contributed by atoms with Gasteiger partial charge in [0.25, 0.3) is 11.6 Å². The topological polar surface area (TPSA) is 114 Å². The van der Waals surface area contributed by atoms with Crippen molar-refractivity contribution in [1.82, 2.24) is 0 Å².